The van der Waals surface area contributed by atoms with E-state index in [0.29, 0.717) is 31.0 Å². The van der Waals surface area contributed by atoms with E-state index in [1.54, 1.807) is 0 Å². The summed E-state index contributed by atoms with van der Waals surface area (Å²) in [5.74, 6) is 1.29. The largest absolute Gasteiger partial charge is 0.300 e. The molecule has 3 rings (SSSR count). The normalized spacial score (nSPS) is 18.8. The molecule has 8 nitrogen and oxygen atoms in total. The van der Waals surface area contributed by atoms with E-state index < -0.39 is 9.84 Å². The molecule has 10 heteroatoms. The summed E-state index contributed by atoms with van der Waals surface area (Å²) in [6.45, 7) is 11.6. The van der Waals surface area contributed by atoms with Crippen molar-refractivity contribution < 1.29 is 8.42 Å². The van der Waals surface area contributed by atoms with E-state index >= 15 is 0 Å². The maximum Gasteiger partial charge on any atom is 0.199 e. The van der Waals surface area contributed by atoms with Crippen molar-refractivity contribution in [2.75, 3.05) is 18.6 Å². The minimum Gasteiger partial charge on any atom is -0.300 e. The van der Waals surface area contributed by atoms with E-state index in [1.807, 2.05) is 47.8 Å². The molecule has 0 amide bonds. The second-order valence-corrected chi connectivity index (χ2v) is 10.1. The number of hydrogen-bond donors (Lipinski definition) is 0. The Kier molecular flexibility index (Phi) is 5.92. The third kappa shape index (κ3) is 4.13. The molecule has 154 valence electrons. The van der Waals surface area contributed by atoms with Crippen LogP contribution in [0, 0.1) is 25.5 Å². The Morgan fingerprint density at radius 3 is 2.64 bits per heavy atom. The molecule has 3 heterocycles. The first-order valence-electron chi connectivity index (χ1n) is 9.31. The molecule has 0 N–H and O–H groups in total. The van der Waals surface area contributed by atoms with Crippen molar-refractivity contribution in [2.24, 2.45) is 0 Å². The highest BCUT2D eigenvalue weighted by molar-refractivity contribution is 7.91. The molecule has 0 unspecified atom stereocenters. The van der Waals surface area contributed by atoms with Gasteiger partial charge in [0.2, 0.25) is 0 Å². The topological polar surface area (TPSA) is 78.0 Å². The van der Waals surface area contributed by atoms with Crippen LogP contribution in [0.4, 0.5) is 0 Å². The Balaban J connectivity index is 1.76. The molecule has 1 fully saturated rings. The smallest absolute Gasteiger partial charge is 0.199 e. The van der Waals surface area contributed by atoms with E-state index in [-0.39, 0.29) is 17.5 Å². The summed E-state index contributed by atoms with van der Waals surface area (Å²) >= 11 is 5.53. The maximum atomic E-state index is 11.8. The highest BCUT2D eigenvalue weighted by Crippen LogP contribution is 2.27. The molecule has 1 atom stereocenters. The van der Waals surface area contributed by atoms with Crippen LogP contribution in [0.1, 0.15) is 35.2 Å². The molecule has 2 aromatic rings. The van der Waals surface area contributed by atoms with Crippen LogP contribution in [-0.4, -0.2) is 56.0 Å². The fourth-order valence-corrected chi connectivity index (χ4v) is 5.78. The number of nitrogens with zero attached hydrogens (tertiary/aromatic N) is 6. The molecule has 0 aliphatic carbocycles. The second kappa shape index (κ2) is 7.92. The van der Waals surface area contributed by atoms with E-state index in [4.69, 9.17) is 12.2 Å². The zero-order chi connectivity index (χ0) is 20.6. The Labute approximate surface area is 171 Å². The standard InChI is InChI=1S/C18H28N6O2S2/c1-6-8-22-15(4)20-23(18(22)27)12-21(5)10-17-13(2)19-24(14(17)3)16-7-9-28(25,26)11-16/h6,16H,1,7-12H2,2-5H3/t16-/m1/s1. The van der Waals surface area contributed by atoms with E-state index in [0.717, 1.165) is 22.8 Å². The summed E-state index contributed by atoms with van der Waals surface area (Å²) < 4.78 is 30.0. The molecule has 28 heavy (non-hydrogen) atoms. The molecule has 0 saturated carbocycles. The lowest BCUT2D eigenvalue weighted by Crippen LogP contribution is -2.23. The van der Waals surface area contributed by atoms with Gasteiger partial charge in [-0.15, -0.1) is 6.58 Å². The van der Waals surface area contributed by atoms with Gasteiger partial charge in [-0.3, -0.25) is 9.58 Å². The van der Waals surface area contributed by atoms with Crippen molar-refractivity contribution in [2.45, 2.75) is 53.0 Å². The number of aryl methyl sites for hydroxylation is 2. The molecule has 1 aliphatic heterocycles. The van der Waals surface area contributed by atoms with Crippen LogP contribution >= 0.6 is 12.2 Å². The van der Waals surface area contributed by atoms with Gasteiger partial charge in [0, 0.05) is 24.3 Å². The molecular weight excluding hydrogens is 396 g/mol. The molecule has 0 bridgehead atoms. The van der Waals surface area contributed by atoms with Crippen molar-refractivity contribution in [1.82, 2.24) is 29.0 Å². The summed E-state index contributed by atoms with van der Waals surface area (Å²) in [7, 11) is -0.929. The van der Waals surface area contributed by atoms with Gasteiger partial charge in [0.25, 0.3) is 0 Å². The monoisotopic (exact) mass is 424 g/mol. The van der Waals surface area contributed by atoms with Crippen LogP contribution in [0.2, 0.25) is 0 Å². The number of rotatable bonds is 7. The van der Waals surface area contributed by atoms with Gasteiger partial charge in [-0.05, 0) is 46.5 Å². The molecule has 2 aromatic heterocycles. The number of hydrogen-bond acceptors (Lipinski definition) is 6. The quantitative estimate of drug-likeness (QED) is 0.501. The fraction of sp³-hybridized carbons (Fsp3) is 0.611. The zero-order valence-corrected chi connectivity index (χ0v) is 18.6. The lowest BCUT2D eigenvalue weighted by atomic mass is 10.2. The number of aromatic nitrogens is 5. The first-order chi connectivity index (χ1) is 13.1. The average Bonchev–Trinajstić information content (AvgIpc) is 3.20. The predicted molar refractivity (Wildman–Crippen MR) is 111 cm³/mol. The molecular formula is C18H28N6O2S2. The molecule has 1 saturated heterocycles. The van der Waals surface area contributed by atoms with Crippen LogP contribution in [0.3, 0.4) is 0 Å². The Hall–Kier alpha value is -1.78. The molecule has 1 aliphatic rings. The van der Waals surface area contributed by atoms with Crippen molar-refractivity contribution in [3.63, 3.8) is 0 Å². The maximum absolute atomic E-state index is 11.8. The van der Waals surface area contributed by atoms with E-state index in [2.05, 4.69) is 21.7 Å². The summed E-state index contributed by atoms with van der Waals surface area (Å²) in [6, 6.07) is -0.0615. The van der Waals surface area contributed by atoms with Crippen LogP contribution < -0.4 is 0 Å². The number of allylic oxidation sites excluding steroid dienone is 1. The lowest BCUT2D eigenvalue weighted by Gasteiger charge is -2.17. The van der Waals surface area contributed by atoms with Gasteiger partial charge in [0.15, 0.2) is 14.6 Å². The van der Waals surface area contributed by atoms with Crippen LogP contribution in [-0.2, 0) is 29.6 Å². The first kappa shape index (κ1) is 20.9. The zero-order valence-electron chi connectivity index (χ0n) is 16.9. The van der Waals surface area contributed by atoms with Crippen LogP contribution in [0.5, 0.6) is 0 Å². The van der Waals surface area contributed by atoms with Gasteiger partial charge >= 0.3 is 0 Å². The highest BCUT2D eigenvalue weighted by Gasteiger charge is 2.31. The summed E-state index contributed by atoms with van der Waals surface area (Å²) in [5, 5.41) is 9.18. The van der Waals surface area contributed by atoms with Crippen molar-refractivity contribution in [3.8, 4) is 0 Å². The summed E-state index contributed by atoms with van der Waals surface area (Å²) in [4.78, 5) is 2.13. The summed E-state index contributed by atoms with van der Waals surface area (Å²) in [6.07, 6.45) is 2.44. The van der Waals surface area contributed by atoms with Crippen molar-refractivity contribution in [1.29, 1.82) is 0 Å². The Morgan fingerprint density at radius 1 is 1.32 bits per heavy atom. The molecule has 0 spiro atoms. The van der Waals surface area contributed by atoms with Gasteiger partial charge < -0.3 is 4.57 Å². The minimum absolute atomic E-state index is 0.0615. The third-order valence-electron chi connectivity index (χ3n) is 5.25. The van der Waals surface area contributed by atoms with Crippen molar-refractivity contribution in [3.05, 3.63) is 40.2 Å². The summed E-state index contributed by atoms with van der Waals surface area (Å²) in [5.41, 5.74) is 3.09. The van der Waals surface area contributed by atoms with Gasteiger partial charge in [0.05, 0.1) is 29.9 Å². The lowest BCUT2D eigenvalue weighted by molar-refractivity contribution is 0.242. The Morgan fingerprint density at radius 2 is 2.04 bits per heavy atom. The SMILES string of the molecule is C=CCn1c(C)nn(CN(C)Cc2c(C)nn([C@@H]3CCS(=O)(=O)C3)c2C)c1=S. The van der Waals surface area contributed by atoms with Gasteiger partial charge in [-0.2, -0.15) is 10.2 Å². The van der Waals surface area contributed by atoms with Gasteiger partial charge in [-0.1, -0.05) is 6.08 Å². The van der Waals surface area contributed by atoms with E-state index in [1.165, 1.54) is 0 Å². The minimum atomic E-state index is -2.94. The fourth-order valence-electron chi connectivity index (χ4n) is 3.78. The average molecular weight is 425 g/mol. The molecule has 0 aromatic carbocycles. The van der Waals surface area contributed by atoms with Crippen LogP contribution in [0.25, 0.3) is 0 Å². The first-order valence-corrected chi connectivity index (χ1v) is 11.5. The third-order valence-corrected chi connectivity index (χ3v) is 7.43. The number of sulfone groups is 1. The highest BCUT2D eigenvalue weighted by atomic mass is 32.2. The van der Waals surface area contributed by atoms with Gasteiger partial charge in [-0.25, -0.2) is 13.1 Å². The Bertz CT molecular complexity index is 1050. The van der Waals surface area contributed by atoms with Crippen LogP contribution in [0.15, 0.2) is 12.7 Å². The predicted octanol–water partition coefficient (Wildman–Crippen LogP) is 2.17. The van der Waals surface area contributed by atoms with E-state index in [9.17, 15) is 8.42 Å². The molecule has 0 radical (unpaired) electrons. The van der Waals surface area contributed by atoms with Crippen molar-refractivity contribution >= 4 is 22.1 Å². The second-order valence-electron chi connectivity index (χ2n) is 7.54. The van der Waals surface area contributed by atoms with Gasteiger partial charge in [0.1, 0.15) is 5.82 Å².